The van der Waals surface area contributed by atoms with Crippen LogP contribution in [0, 0.1) is 5.82 Å². The topological polar surface area (TPSA) is 90.7 Å². The zero-order valence-corrected chi connectivity index (χ0v) is 15.4. The Morgan fingerprint density at radius 1 is 1.04 bits per heavy atom. The largest absolute Gasteiger partial charge is 0.493 e. The van der Waals surface area contributed by atoms with Crippen LogP contribution in [0.2, 0.25) is 0 Å². The number of ether oxygens (including phenoxy) is 2. The van der Waals surface area contributed by atoms with Gasteiger partial charge in [0.2, 0.25) is 10.0 Å². The first-order valence-corrected chi connectivity index (χ1v) is 9.34. The second-order valence-corrected chi connectivity index (χ2v) is 7.29. The third kappa shape index (κ3) is 4.26. The normalized spacial score (nSPS) is 11.4. The molecule has 1 heterocycles. The molecule has 0 amide bonds. The van der Waals surface area contributed by atoms with Crippen molar-refractivity contribution < 1.29 is 26.8 Å². The van der Waals surface area contributed by atoms with Gasteiger partial charge in [-0.05, 0) is 42.5 Å². The van der Waals surface area contributed by atoms with E-state index in [1.165, 1.54) is 19.2 Å². The van der Waals surface area contributed by atoms with Crippen molar-refractivity contribution in [2.75, 3.05) is 14.2 Å². The van der Waals surface area contributed by atoms with Crippen LogP contribution in [-0.4, -0.2) is 27.8 Å². The molecule has 0 aliphatic carbocycles. The highest BCUT2D eigenvalue weighted by Gasteiger charge is 2.16. The van der Waals surface area contributed by atoms with Gasteiger partial charge in [-0.25, -0.2) is 17.5 Å². The predicted molar refractivity (Wildman–Crippen MR) is 95.5 cm³/mol. The van der Waals surface area contributed by atoms with E-state index in [1.807, 2.05) is 0 Å². The van der Waals surface area contributed by atoms with Crippen molar-refractivity contribution in [3.05, 3.63) is 60.1 Å². The molecule has 9 heteroatoms. The first kappa shape index (κ1) is 18.9. The molecule has 0 radical (unpaired) electrons. The van der Waals surface area contributed by atoms with E-state index in [0.717, 1.165) is 17.7 Å². The lowest BCUT2D eigenvalue weighted by Crippen LogP contribution is -2.22. The average Bonchev–Trinajstić information content (AvgIpc) is 3.15. The molecule has 0 bridgehead atoms. The maximum Gasteiger partial charge on any atom is 0.240 e. The van der Waals surface area contributed by atoms with Crippen LogP contribution in [0.3, 0.4) is 0 Å². The summed E-state index contributed by atoms with van der Waals surface area (Å²) in [5, 5.41) is 3.95. The van der Waals surface area contributed by atoms with Gasteiger partial charge in [0.25, 0.3) is 0 Å². The maximum absolute atomic E-state index is 12.9. The molecule has 0 aliphatic heterocycles. The summed E-state index contributed by atoms with van der Waals surface area (Å²) in [6.07, 6.45) is 0. The van der Waals surface area contributed by atoms with Gasteiger partial charge in [0.05, 0.1) is 25.7 Å². The lowest BCUT2D eigenvalue weighted by molar-refractivity contribution is 0.355. The van der Waals surface area contributed by atoms with Crippen molar-refractivity contribution in [2.45, 2.75) is 11.4 Å². The summed E-state index contributed by atoms with van der Waals surface area (Å²) < 4.78 is 55.4. The zero-order valence-electron chi connectivity index (χ0n) is 14.6. The second-order valence-electron chi connectivity index (χ2n) is 5.53. The van der Waals surface area contributed by atoms with E-state index in [-0.39, 0.29) is 11.4 Å². The van der Waals surface area contributed by atoms with Gasteiger partial charge in [0.15, 0.2) is 17.3 Å². The number of halogens is 1. The third-order valence-corrected chi connectivity index (χ3v) is 5.22. The maximum atomic E-state index is 12.9. The Balaban J connectivity index is 1.74. The van der Waals surface area contributed by atoms with E-state index in [9.17, 15) is 12.8 Å². The van der Waals surface area contributed by atoms with Crippen LogP contribution < -0.4 is 14.2 Å². The van der Waals surface area contributed by atoms with Crippen LogP contribution in [0.25, 0.3) is 11.3 Å². The Labute approximate surface area is 155 Å². The minimum Gasteiger partial charge on any atom is -0.493 e. The van der Waals surface area contributed by atoms with Gasteiger partial charge in [-0.2, -0.15) is 0 Å². The molecule has 3 rings (SSSR count). The minimum absolute atomic E-state index is 0.0384. The highest BCUT2D eigenvalue weighted by atomic mass is 32.2. The number of rotatable bonds is 7. The van der Waals surface area contributed by atoms with Crippen molar-refractivity contribution in [1.82, 2.24) is 9.88 Å². The number of hydrogen-bond acceptors (Lipinski definition) is 6. The lowest BCUT2D eigenvalue weighted by Gasteiger charge is -2.07. The Bertz CT molecular complexity index is 1030. The second kappa shape index (κ2) is 7.77. The zero-order chi connectivity index (χ0) is 19.4. The monoisotopic (exact) mass is 392 g/mol. The number of sulfonamides is 1. The Hall–Kier alpha value is -2.91. The lowest BCUT2D eigenvalue weighted by atomic mass is 10.1. The van der Waals surface area contributed by atoms with Crippen molar-refractivity contribution in [2.24, 2.45) is 0 Å². The molecular formula is C18H17FN2O5S. The SMILES string of the molecule is COc1ccc(-c2cc(CNS(=O)(=O)c3ccc(F)cc3)on2)cc1OC. The first-order valence-electron chi connectivity index (χ1n) is 7.86. The molecule has 142 valence electrons. The molecule has 3 aromatic rings. The van der Waals surface area contributed by atoms with Crippen molar-refractivity contribution in [1.29, 1.82) is 0 Å². The molecule has 0 atom stereocenters. The molecule has 27 heavy (non-hydrogen) atoms. The number of nitrogens with zero attached hydrogens (tertiary/aromatic N) is 1. The summed E-state index contributed by atoms with van der Waals surface area (Å²) in [5.41, 5.74) is 1.25. The number of benzene rings is 2. The summed E-state index contributed by atoms with van der Waals surface area (Å²) in [4.78, 5) is -0.0384. The van der Waals surface area contributed by atoms with Gasteiger partial charge in [-0.15, -0.1) is 0 Å². The van der Waals surface area contributed by atoms with E-state index in [1.54, 1.807) is 31.4 Å². The predicted octanol–water partition coefficient (Wildman–Crippen LogP) is 2.98. The minimum atomic E-state index is -3.79. The van der Waals surface area contributed by atoms with Crippen LogP contribution in [0.4, 0.5) is 4.39 Å². The van der Waals surface area contributed by atoms with Crippen LogP contribution in [0.5, 0.6) is 11.5 Å². The molecular weight excluding hydrogens is 375 g/mol. The van der Waals surface area contributed by atoms with Crippen LogP contribution in [0.1, 0.15) is 5.76 Å². The summed E-state index contributed by atoms with van der Waals surface area (Å²) in [5.74, 6) is 0.933. The van der Waals surface area contributed by atoms with Gasteiger partial charge < -0.3 is 14.0 Å². The highest BCUT2D eigenvalue weighted by Crippen LogP contribution is 2.32. The molecule has 2 aromatic carbocycles. The fourth-order valence-electron chi connectivity index (χ4n) is 2.39. The van der Waals surface area contributed by atoms with Gasteiger partial charge in [-0.3, -0.25) is 0 Å². The van der Waals surface area contributed by atoms with Crippen LogP contribution in [0.15, 0.2) is 57.9 Å². The summed E-state index contributed by atoms with van der Waals surface area (Å²) in [6, 6.07) is 11.4. The number of hydrogen-bond donors (Lipinski definition) is 1. The summed E-state index contributed by atoms with van der Waals surface area (Å²) in [7, 11) is -0.723. The molecule has 0 fully saturated rings. The van der Waals surface area contributed by atoms with Gasteiger partial charge in [0, 0.05) is 11.6 Å². The highest BCUT2D eigenvalue weighted by molar-refractivity contribution is 7.89. The molecule has 0 saturated carbocycles. The van der Waals surface area contributed by atoms with E-state index in [0.29, 0.717) is 23.0 Å². The fourth-order valence-corrected chi connectivity index (χ4v) is 3.38. The molecule has 1 aromatic heterocycles. The van der Waals surface area contributed by atoms with Crippen molar-refractivity contribution in [3.8, 4) is 22.8 Å². The number of methoxy groups -OCH3 is 2. The van der Waals surface area contributed by atoms with Crippen molar-refractivity contribution in [3.63, 3.8) is 0 Å². The summed E-state index contributed by atoms with van der Waals surface area (Å²) in [6.45, 7) is -0.0972. The Morgan fingerprint density at radius 2 is 1.74 bits per heavy atom. The van der Waals surface area contributed by atoms with E-state index < -0.39 is 15.8 Å². The summed E-state index contributed by atoms with van der Waals surface area (Å²) >= 11 is 0. The first-order chi connectivity index (χ1) is 12.9. The van der Waals surface area contributed by atoms with Crippen LogP contribution >= 0.6 is 0 Å². The number of nitrogens with one attached hydrogen (secondary N) is 1. The molecule has 7 nitrogen and oxygen atoms in total. The quantitative estimate of drug-likeness (QED) is 0.665. The fraction of sp³-hybridized carbons (Fsp3) is 0.167. The van der Waals surface area contributed by atoms with E-state index in [4.69, 9.17) is 14.0 Å². The van der Waals surface area contributed by atoms with E-state index in [2.05, 4.69) is 9.88 Å². The Kier molecular flexibility index (Phi) is 5.43. The van der Waals surface area contributed by atoms with Gasteiger partial charge in [0.1, 0.15) is 11.5 Å². The molecule has 0 spiro atoms. The smallest absolute Gasteiger partial charge is 0.240 e. The standard InChI is InChI=1S/C18H17FN2O5S/c1-24-17-8-3-12(9-18(17)25-2)16-10-14(26-21-16)11-20-27(22,23)15-6-4-13(19)5-7-15/h3-10,20H,11H2,1-2H3. The molecule has 1 N–H and O–H groups in total. The molecule has 0 unspecified atom stereocenters. The van der Waals surface area contributed by atoms with E-state index >= 15 is 0 Å². The molecule has 0 aliphatic rings. The third-order valence-electron chi connectivity index (χ3n) is 3.80. The van der Waals surface area contributed by atoms with Gasteiger partial charge >= 0.3 is 0 Å². The Morgan fingerprint density at radius 3 is 2.41 bits per heavy atom. The average molecular weight is 392 g/mol. The molecule has 0 saturated heterocycles. The number of aromatic nitrogens is 1. The van der Waals surface area contributed by atoms with Crippen LogP contribution in [-0.2, 0) is 16.6 Å². The van der Waals surface area contributed by atoms with Gasteiger partial charge in [-0.1, -0.05) is 5.16 Å². The van der Waals surface area contributed by atoms with Crippen molar-refractivity contribution >= 4 is 10.0 Å².